The molecule has 1 saturated heterocycles. The van der Waals surface area contributed by atoms with Gasteiger partial charge in [-0.05, 0) is 42.8 Å². The van der Waals surface area contributed by atoms with Gasteiger partial charge in [-0.15, -0.1) is 18.3 Å². The molecule has 38 heavy (non-hydrogen) atoms. The van der Waals surface area contributed by atoms with Crippen molar-refractivity contribution in [3.8, 4) is 17.4 Å². The molecule has 0 atom stereocenters. The van der Waals surface area contributed by atoms with E-state index in [1.165, 1.54) is 22.9 Å². The third-order valence-electron chi connectivity index (χ3n) is 5.88. The molecule has 0 spiro atoms. The molecule has 2 aromatic carbocycles. The minimum absolute atomic E-state index is 0.00479. The zero-order chi connectivity index (χ0) is 27.3. The van der Waals surface area contributed by atoms with E-state index in [1.807, 2.05) is 29.2 Å². The van der Waals surface area contributed by atoms with Gasteiger partial charge in [-0.25, -0.2) is 9.48 Å². The van der Waals surface area contributed by atoms with Crippen LogP contribution in [0.25, 0.3) is 0 Å². The molecule has 3 aromatic rings. The second kappa shape index (κ2) is 11.8. The Labute approximate surface area is 222 Å². The van der Waals surface area contributed by atoms with Crippen LogP contribution in [0.2, 0.25) is 5.02 Å². The molecule has 13 heteroatoms. The van der Waals surface area contributed by atoms with Crippen molar-refractivity contribution in [2.24, 2.45) is 0 Å². The summed E-state index contributed by atoms with van der Waals surface area (Å²) in [5.41, 5.74) is 1.57. The number of carbonyl (C=O) groups is 1. The highest BCUT2D eigenvalue weighted by Gasteiger charge is 2.32. The third kappa shape index (κ3) is 6.80. The molecular formula is C25H26ClF3N4O5. The maximum atomic E-state index is 12.5. The molecule has 0 bridgehead atoms. The summed E-state index contributed by atoms with van der Waals surface area (Å²) in [5, 5.41) is 8.00. The average Bonchev–Trinajstić information content (AvgIpc) is 3.27. The Kier molecular flexibility index (Phi) is 8.50. The van der Waals surface area contributed by atoms with Gasteiger partial charge in [-0.3, -0.25) is 0 Å². The highest BCUT2D eigenvalue weighted by Crippen LogP contribution is 2.34. The smallest absolute Gasteiger partial charge is 0.497 e. The minimum Gasteiger partial charge on any atom is -0.497 e. The van der Waals surface area contributed by atoms with Crippen LogP contribution < -0.4 is 19.1 Å². The number of alkyl halides is 3. The summed E-state index contributed by atoms with van der Waals surface area (Å²) in [6.07, 6.45) is -3.92. The lowest BCUT2D eigenvalue weighted by atomic mass is 10.1. The monoisotopic (exact) mass is 554 g/mol. The molecule has 0 aliphatic carbocycles. The number of anilines is 1. The van der Waals surface area contributed by atoms with Crippen LogP contribution in [-0.2, 0) is 11.3 Å². The number of hydrogen-bond acceptors (Lipinski definition) is 8. The third-order valence-corrected chi connectivity index (χ3v) is 6.17. The fourth-order valence-corrected chi connectivity index (χ4v) is 4.25. The summed E-state index contributed by atoms with van der Waals surface area (Å²) in [6.45, 7) is 3.29. The van der Waals surface area contributed by atoms with Gasteiger partial charge >= 0.3 is 12.3 Å². The highest BCUT2D eigenvalue weighted by molar-refractivity contribution is 6.32. The van der Waals surface area contributed by atoms with E-state index in [0.29, 0.717) is 43.9 Å². The van der Waals surface area contributed by atoms with E-state index < -0.39 is 18.1 Å². The fourth-order valence-electron chi connectivity index (χ4n) is 4.04. The van der Waals surface area contributed by atoms with Crippen LogP contribution in [0, 0.1) is 0 Å². The van der Waals surface area contributed by atoms with Gasteiger partial charge in [0.05, 0.1) is 25.3 Å². The molecule has 2 heterocycles. The topological polar surface area (TPSA) is 87.9 Å². The summed E-state index contributed by atoms with van der Waals surface area (Å²) in [5.74, 6) is -0.150. The number of benzene rings is 2. The Hall–Kier alpha value is -3.67. The van der Waals surface area contributed by atoms with E-state index in [9.17, 15) is 18.0 Å². The summed E-state index contributed by atoms with van der Waals surface area (Å²) < 4.78 is 59.6. The molecule has 0 unspecified atom stereocenters. The molecule has 0 saturated carbocycles. The standard InChI is InChI=1S/C25H26ClF3N4O5/c1-3-36-24(34)22-23(33(31-30-22)15-16-4-7-18(35-2)8-5-16)37-19-10-12-32(13-11-19)17-6-9-21(20(26)14-17)38-25(27,28)29/h4-9,14,19H,3,10-13,15H2,1-2H3. The number of piperidine rings is 1. The Balaban J connectivity index is 1.45. The van der Waals surface area contributed by atoms with Gasteiger partial charge in [0.15, 0.2) is 0 Å². The minimum atomic E-state index is -4.82. The van der Waals surface area contributed by atoms with Gasteiger partial charge in [0, 0.05) is 31.6 Å². The van der Waals surface area contributed by atoms with Crippen molar-refractivity contribution in [2.75, 3.05) is 31.7 Å². The molecule has 1 aliphatic rings. The average molecular weight is 555 g/mol. The Bertz CT molecular complexity index is 1240. The zero-order valence-corrected chi connectivity index (χ0v) is 21.5. The van der Waals surface area contributed by atoms with Gasteiger partial charge in [0.2, 0.25) is 11.6 Å². The largest absolute Gasteiger partial charge is 0.573 e. The second-order valence-electron chi connectivity index (χ2n) is 8.44. The maximum Gasteiger partial charge on any atom is 0.573 e. The number of ether oxygens (including phenoxy) is 4. The van der Waals surface area contributed by atoms with Crippen LogP contribution >= 0.6 is 11.6 Å². The quantitative estimate of drug-likeness (QED) is 0.337. The van der Waals surface area contributed by atoms with Gasteiger partial charge in [-0.1, -0.05) is 28.9 Å². The predicted octanol–water partition coefficient (Wildman–Crippen LogP) is 5.11. The number of nitrogens with zero attached hydrogens (tertiary/aromatic N) is 4. The number of methoxy groups -OCH3 is 1. The SMILES string of the molecule is CCOC(=O)c1nnn(Cc2ccc(OC)cc2)c1OC1CCN(c2ccc(OC(F)(F)F)c(Cl)c2)CC1. The number of halogens is 4. The molecule has 1 aromatic heterocycles. The van der Waals surface area contributed by atoms with Crippen LogP contribution in [0.5, 0.6) is 17.4 Å². The van der Waals surface area contributed by atoms with Crippen molar-refractivity contribution >= 4 is 23.3 Å². The molecule has 1 aliphatic heterocycles. The van der Waals surface area contributed by atoms with Crippen LogP contribution in [0.4, 0.5) is 18.9 Å². The predicted molar refractivity (Wildman–Crippen MR) is 132 cm³/mol. The van der Waals surface area contributed by atoms with Gasteiger partial charge in [0.25, 0.3) is 0 Å². The molecule has 204 valence electrons. The van der Waals surface area contributed by atoms with Crippen LogP contribution in [0.1, 0.15) is 35.8 Å². The number of hydrogen-bond donors (Lipinski definition) is 0. The van der Waals surface area contributed by atoms with E-state index >= 15 is 0 Å². The van der Waals surface area contributed by atoms with Crippen molar-refractivity contribution in [2.45, 2.75) is 38.8 Å². The zero-order valence-electron chi connectivity index (χ0n) is 20.7. The first-order chi connectivity index (χ1) is 18.2. The fraction of sp³-hybridized carbons (Fsp3) is 0.400. The normalized spacial score (nSPS) is 14.3. The van der Waals surface area contributed by atoms with Crippen molar-refractivity contribution in [1.29, 1.82) is 0 Å². The van der Waals surface area contributed by atoms with E-state index in [-0.39, 0.29) is 29.3 Å². The highest BCUT2D eigenvalue weighted by atomic mass is 35.5. The molecule has 9 nitrogen and oxygen atoms in total. The van der Waals surface area contributed by atoms with E-state index in [1.54, 1.807) is 14.0 Å². The Morgan fingerprint density at radius 1 is 1.13 bits per heavy atom. The van der Waals surface area contributed by atoms with Crippen molar-refractivity contribution < 1.29 is 36.9 Å². The lowest BCUT2D eigenvalue weighted by Crippen LogP contribution is -2.38. The molecular weight excluding hydrogens is 529 g/mol. The molecule has 0 N–H and O–H groups in total. The van der Waals surface area contributed by atoms with Gasteiger partial charge in [-0.2, -0.15) is 0 Å². The lowest BCUT2D eigenvalue weighted by Gasteiger charge is -2.34. The van der Waals surface area contributed by atoms with Crippen molar-refractivity contribution in [1.82, 2.24) is 15.0 Å². The lowest BCUT2D eigenvalue weighted by molar-refractivity contribution is -0.274. The number of aromatic nitrogens is 3. The second-order valence-corrected chi connectivity index (χ2v) is 8.84. The van der Waals surface area contributed by atoms with Crippen LogP contribution in [-0.4, -0.2) is 60.2 Å². The first-order valence-electron chi connectivity index (χ1n) is 11.9. The van der Waals surface area contributed by atoms with Crippen LogP contribution in [0.15, 0.2) is 42.5 Å². The van der Waals surface area contributed by atoms with E-state index in [4.69, 9.17) is 25.8 Å². The van der Waals surface area contributed by atoms with Crippen molar-refractivity contribution in [3.63, 3.8) is 0 Å². The van der Waals surface area contributed by atoms with Crippen molar-refractivity contribution in [3.05, 3.63) is 58.7 Å². The maximum absolute atomic E-state index is 12.5. The summed E-state index contributed by atoms with van der Waals surface area (Å²) >= 11 is 6.01. The first-order valence-corrected chi connectivity index (χ1v) is 12.2. The molecule has 4 rings (SSSR count). The molecule has 0 amide bonds. The molecule has 1 fully saturated rings. The Morgan fingerprint density at radius 3 is 2.45 bits per heavy atom. The number of esters is 1. The summed E-state index contributed by atoms with van der Waals surface area (Å²) in [7, 11) is 1.58. The van der Waals surface area contributed by atoms with Gasteiger partial charge < -0.3 is 23.8 Å². The van der Waals surface area contributed by atoms with E-state index in [2.05, 4.69) is 15.0 Å². The molecule has 0 radical (unpaired) electrons. The summed E-state index contributed by atoms with van der Waals surface area (Å²) in [4.78, 5) is 14.5. The summed E-state index contributed by atoms with van der Waals surface area (Å²) in [6, 6.07) is 11.6. The van der Waals surface area contributed by atoms with E-state index in [0.717, 1.165) is 5.56 Å². The first kappa shape index (κ1) is 27.4. The van der Waals surface area contributed by atoms with Gasteiger partial charge in [0.1, 0.15) is 17.6 Å². The number of carbonyl (C=O) groups excluding carboxylic acids is 1. The Morgan fingerprint density at radius 2 is 1.84 bits per heavy atom. The number of rotatable bonds is 9. The van der Waals surface area contributed by atoms with Crippen LogP contribution in [0.3, 0.4) is 0 Å².